The van der Waals surface area contributed by atoms with Crippen LogP contribution in [0.25, 0.3) is 0 Å². The molecule has 0 saturated heterocycles. The Morgan fingerprint density at radius 3 is 2.50 bits per heavy atom. The minimum Gasteiger partial charge on any atom is -0.481 e. The van der Waals surface area contributed by atoms with E-state index in [1.165, 1.54) is 0 Å². The summed E-state index contributed by atoms with van der Waals surface area (Å²) in [5, 5.41) is 8.71. The fourth-order valence-electron chi connectivity index (χ4n) is 1.73. The fourth-order valence-corrected chi connectivity index (χ4v) is 1.73. The Balaban J connectivity index is 2.58. The molecule has 0 amide bonds. The molecule has 1 aromatic rings. The first-order chi connectivity index (χ1) is 9.49. The number of esters is 1. The van der Waals surface area contributed by atoms with E-state index in [2.05, 4.69) is 0 Å². The van der Waals surface area contributed by atoms with Crippen molar-refractivity contribution >= 4 is 18.2 Å². The van der Waals surface area contributed by atoms with Crippen molar-refractivity contribution in [3.8, 4) is 0 Å². The lowest BCUT2D eigenvalue weighted by molar-refractivity contribution is -0.461. The third kappa shape index (κ3) is 6.13. The van der Waals surface area contributed by atoms with Crippen molar-refractivity contribution in [2.24, 2.45) is 5.92 Å². The molecule has 5 nitrogen and oxygen atoms in total. The number of rotatable bonds is 7. The zero-order chi connectivity index (χ0) is 15.0. The molecule has 108 valence electrons. The van der Waals surface area contributed by atoms with Crippen LogP contribution in [0.5, 0.6) is 0 Å². The summed E-state index contributed by atoms with van der Waals surface area (Å²) in [5.41, 5.74) is 0.905. The van der Waals surface area contributed by atoms with Crippen LogP contribution in [0, 0.1) is 5.92 Å². The number of benzene rings is 1. The third-order valence-electron chi connectivity index (χ3n) is 2.67. The predicted octanol–water partition coefficient (Wildman–Crippen LogP) is 1.55. The van der Waals surface area contributed by atoms with Gasteiger partial charge in [0, 0.05) is 6.42 Å². The highest BCUT2D eigenvalue weighted by Crippen LogP contribution is 2.09. The summed E-state index contributed by atoms with van der Waals surface area (Å²) in [6, 6.07) is 9.37. The second-order valence-corrected chi connectivity index (χ2v) is 4.74. The van der Waals surface area contributed by atoms with Gasteiger partial charge in [0.1, 0.15) is 26.6 Å². The van der Waals surface area contributed by atoms with Crippen molar-refractivity contribution < 1.29 is 24.0 Å². The first kappa shape index (κ1) is 15.9. The topological polar surface area (TPSA) is 66.6 Å². The molecule has 0 bridgehead atoms. The molecule has 0 spiro atoms. The zero-order valence-corrected chi connectivity index (χ0v) is 11.8. The molecular weight excluding hydrogens is 258 g/mol. The summed E-state index contributed by atoms with van der Waals surface area (Å²) in [4.78, 5) is 22.6. The second-order valence-electron chi connectivity index (χ2n) is 4.74. The van der Waals surface area contributed by atoms with Gasteiger partial charge in [-0.3, -0.25) is 9.59 Å². The number of carbonyl (C=O) groups is 2. The highest BCUT2D eigenvalue weighted by atomic mass is 16.5. The molecule has 0 aliphatic rings. The van der Waals surface area contributed by atoms with Gasteiger partial charge >= 0.3 is 11.9 Å². The molecule has 5 heteroatoms. The van der Waals surface area contributed by atoms with E-state index in [-0.39, 0.29) is 19.4 Å². The number of carbonyl (C=O) groups excluding carboxylic acids is 1. The van der Waals surface area contributed by atoms with Gasteiger partial charge in [0.25, 0.3) is 0 Å². The lowest BCUT2D eigenvalue weighted by atomic mass is 10.0. The van der Waals surface area contributed by atoms with Crippen LogP contribution in [0.2, 0.25) is 0 Å². The molecule has 0 radical (unpaired) electrons. The predicted molar refractivity (Wildman–Crippen MR) is 74.8 cm³/mol. The average molecular weight is 278 g/mol. The molecule has 1 atom stereocenters. The van der Waals surface area contributed by atoms with E-state index in [0.29, 0.717) is 0 Å². The van der Waals surface area contributed by atoms with Gasteiger partial charge in [-0.2, -0.15) is 0 Å². The van der Waals surface area contributed by atoms with Crippen molar-refractivity contribution in [2.75, 3.05) is 14.1 Å². The normalized spacial score (nSPS) is 11.5. The molecule has 1 unspecified atom stereocenters. The summed E-state index contributed by atoms with van der Waals surface area (Å²) in [7, 11) is 3.58. The Kier molecular flexibility index (Phi) is 6.43. The first-order valence-electron chi connectivity index (χ1n) is 6.43. The standard InChI is InChI=1S/C15H19NO4/c1-16(2)10-13(8-9-14(17)18)15(19)20-11-12-6-4-3-5-7-12/h3-7,10,13H,8-9,11H2,1-2H3/p+1. The molecule has 0 heterocycles. The maximum absolute atomic E-state index is 12.0. The fraction of sp³-hybridized carbons (Fsp3) is 0.400. The number of hydrogen-bond acceptors (Lipinski definition) is 3. The lowest BCUT2D eigenvalue weighted by Gasteiger charge is -2.10. The number of nitrogens with zero attached hydrogens (tertiary/aromatic N) is 1. The Bertz CT molecular complexity index is 478. The molecular formula is C15H20NO4+. The molecule has 0 saturated carbocycles. The van der Waals surface area contributed by atoms with Gasteiger partial charge in [-0.25, -0.2) is 4.58 Å². The van der Waals surface area contributed by atoms with Gasteiger partial charge in [0.2, 0.25) is 0 Å². The van der Waals surface area contributed by atoms with E-state index in [9.17, 15) is 9.59 Å². The quantitative estimate of drug-likeness (QED) is 0.467. The van der Waals surface area contributed by atoms with Crippen molar-refractivity contribution in [1.82, 2.24) is 0 Å². The van der Waals surface area contributed by atoms with E-state index >= 15 is 0 Å². The molecule has 1 aromatic carbocycles. The van der Waals surface area contributed by atoms with Gasteiger partial charge < -0.3 is 9.84 Å². The van der Waals surface area contributed by atoms with Crippen LogP contribution in [-0.2, 0) is 20.9 Å². The minimum absolute atomic E-state index is 0.0601. The average Bonchev–Trinajstić information content (AvgIpc) is 2.41. The van der Waals surface area contributed by atoms with Crippen LogP contribution in [0.1, 0.15) is 18.4 Å². The van der Waals surface area contributed by atoms with Crippen LogP contribution in [0.4, 0.5) is 0 Å². The van der Waals surface area contributed by atoms with Crippen molar-refractivity contribution in [2.45, 2.75) is 19.4 Å². The molecule has 0 aliphatic heterocycles. The van der Waals surface area contributed by atoms with Crippen LogP contribution in [0.15, 0.2) is 30.3 Å². The summed E-state index contributed by atoms with van der Waals surface area (Å²) < 4.78 is 6.97. The lowest BCUT2D eigenvalue weighted by Crippen LogP contribution is -2.23. The molecule has 0 fully saturated rings. The Morgan fingerprint density at radius 2 is 1.95 bits per heavy atom. The number of carboxylic acid groups (broad SMARTS) is 1. The Hall–Kier alpha value is -2.17. The summed E-state index contributed by atoms with van der Waals surface area (Å²) in [6.45, 7) is 0.199. The van der Waals surface area contributed by atoms with Gasteiger partial charge in [-0.1, -0.05) is 30.3 Å². The number of carboxylic acids is 1. The highest BCUT2D eigenvalue weighted by Gasteiger charge is 2.22. The zero-order valence-electron chi connectivity index (χ0n) is 11.8. The number of hydrogen-bond donors (Lipinski definition) is 1. The second kappa shape index (κ2) is 8.09. The van der Waals surface area contributed by atoms with E-state index in [1.54, 1.807) is 24.9 Å². The van der Waals surface area contributed by atoms with E-state index < -0.39 is 17.9 Å². The third-order valence-corrected chi connectivity index (χ3v) is 2.67. The van der Waals surface area contributed by atoms with Gasteiger partial charge in [-0.05, 0) is 12.0 Å². The monoisotopic (exact) mass is 278 g/mol. The van der Waals surface area contributed by atoms with Crippen molar-refractivity contribution in [1.29, 1.82) is 0 Å². The first-order valence-corrected chi connectivity index (χ1v) is 6.43. The highest BCUT2D eigenvalue weighted by molar-refractivity contribution is 5.88. The summed E-state index contributed by atoms with van der Waals surface area (Å²) in [6.07, 6.45) is 1.85. The molecule has 20 heavy (non-hydrogen) atoms. The van der Waals surface area contributed by atoms with Crippen molar-refractivity contribution in [3.05, 3.63) is 35.9 Å². The number of aliphatic carboxylic acids is 1. The van der Waals surface area contributed by atoms with Gasteiger partial charge in [-0.15, -0.1) is 0 Å². The Labute approximate surface area is 118 Å². The van der Waals surface area contributed by atoms with Crippen LogP contribution in [0.3, 0.4) is 0 Å². The molecule has 1 rings (SSSR count). The Morgan fingerprint density at radius 1 is 1.30 bits per heavy atom. The van der Waals surface area contributed by atoms with E-state index in [0.717, 1.165) is 5.56 Å². The van der Waals surface area contributed by atoms with Crippen LogP contribution in [-0.4, -0.2) is 41.9 Å². The summed E-state index contributed by atoms with van der Waals surface area (Å²) in [5.74, 6) is -1.85. The van der Waals surface area contributed by atoms with Gasteiger partial charge in [0.15, 0.2) is 6.21 Å². The largest absolute Gasteiger partial charge is 0.481 e. The maximum atomic E-state index is 12.0. The SMILES string of the molecule is C[N+](C)=CC(CCC(=O)O)C(=O)OCc1ccccc1. The van der Waals surface area contributed by atoms with Crippen molar-refractivity contribution in [3.63, 3.8) is 0 Å². The molecule has 1 N–H and O–H groups in total. The van der Waals surface area contributed by atoms with Gasteiger partial charge in [0.05, 0.1) is 0 Å². The van der Waals surface area contributed by atoms with E-state index in [4.69, 9.17) is 9.84 Å². The minimum atomic E-state index is -0.919. The number of ether oxygens (including phenoxy) is 1. The molecule has 0 aliphatic carbocycles. The smallest absolute Gasteiger partial charge is 0.319 e. The maximum Gasteiger partial charge on any atom is 0.319 e. The molecule has 0 aromatic heterocycles. The van der Waals surface area contributed by atoms with Crippen LogP contribution >= 0.6 is 0 Å². The van der Waals surface area contributed by atoms with E-state index in [1.807, 2.05) is 30.3 Å². The summed E-state index contributed by atoms with van der Waals surface area (Å²) >= 11 is 0. The van der Waals surface area contributed by atoms with Crippen LogP contribution < -0.4 is 0 Å².